The first-order valence-corrected chi connectivity index (χ1v) is 4.96. The number of allylic oxidation sites excluding steroid dienone is 1. The maximum Gasteiger partial charge on any atom is 0.313 e. The highest BCUT2D eigenvalue weighted by atomic mass is 16.5. The molecule has 0 heterocycles. The number of ether oxygens (including phenoxy) is 1. The molecule has 6 nitrogen and oxygen atoms in total. The molecule has 0 aliphatic heterocycles. The number of esters is 1. The molecule has 3 N–H and O–H groups in total. The molecule has 1 rings (SSSR count). The largest absolute Gasteiger partial charge is 0.508 e. The summed E-state index contributed by atoms with van der Waals surface area (Å²) in [4.78, 5) is 22.1. The zero-order valence-corrected chi connectivity index (χ0v) is 9.58. The number of benzene rings is 1. The average molecular weight is 252 g/mol. The van der Waals surface area contributed by atoms with Crippen molar-refractivity contribution in [1.29, 1.82) is 0 Å². The van der Waals surface area contributed by atoms with E-state index in [0.717, 1.165) is 31.4 Å². The van der Waals surface area contributed by atoms with Crippen LogP contribution in [-0.2, 0) is 14.3 Å². The van der Waals surface area contributed by atoms with Crippen LogP contribution < -0.4 is 0 Å². The number of methoxy groups -OCH3 is 1. The summed E-state index contributed by atoms with van der Waals surface area (Å²) in [5.74, 6) is -2.35. The third-order valence-corrected chi connectivity index (χ3v) is 2.04. The zero-order valence-electron chi connectivity index (χ0n) is 9.58. The molecule has 0 fully saturated rings. The van der Waals surface area contributed by atoms with E-state index in [1.165, 1.54) is 0 Å². The first-order valence-electron chi connectivity index (χ1n) is 4.96. The van der Waals surface area contributed by atoms with Crippen LogP contribution in [0.2, 0.25) is 0 Å². The quantitative estimate of drug-likeness (QED) is 0.321. The van der Waals surface area contributed by atoms with Crippen molar-refractivity contribution >= 4 is 17.5 Å². The second-order valence-electron chi connectivity index (χ2n) is 3.49. The van der Waals surface area contributed by atoms with Crippen LogP contribution in [0.3, 0.4) is 0 Å². The van der Waals surface area contributed by atoms with E-state index in [9.17, 15) is 24.9 Å². The van der Waals surface area contributed by atoms with Crippen molar-refractivity contribution in [2.75, 3.05) is 7.11 Å². The van der Waals surface area contributed by atoms with Crippen LogP contribution in [0.15, 0.2) is 24.3 Å². The minimum Gasteiger partial charge on any atom is -0.508 e. The highest BCUT2D eigenvalue weighted by Crippen LogP contribution is 2.24. The first kappa shape index (κ1) is 13.6. The van der Waals surface area contributed by atoms with Gasteiger partial charge in [0.25, 0.3) is 0 Å². The van der Waals surface area contributed by atoms with Gasteiger partial charge in [-0.25, -0.2) is 0 Å². The van der Waals surface area contributed by atoms with Crippen LogP contribution in [0, 0.1) is 0 Å². The van der Waals surface area contributed by atoms with Crippen molar-refractivity contribution in [3.63, 3.8) is 0 Å². The van der Waals surface area contributed by atoms with Crippen molar-refractivity contribution < 1.29 is 29.6 Å². The second-order valence-corrected chi connectivity index (χ2v) is 3.49. The molecule has 1 aromatic carbocycles. The minimum atomic E-state index is -0.720. The van der Waals surface area contributed by atoms with E-state index in [1.54, 1.807) is 0 Å². The fourth-order valence-electron chi connectivity index (χ4n) is 1.24. The molecule has 6 heteroatoms. The molecule has 0 radical (unpaired) electrons. The SMILES string of the molecule is COC(=O)CC(=O)/C=C(\O)c1cc(O)cc(O)c1. The van der Waals surface area contributed by atoms with E-state index in [1.807, 2.05) is 0 Å². The summed E-state index contributed by atoms with van der Waals surface area (Å²) in [6.07, 6.45) is 0.330. The molecule has 0 aliphatic carbocycles. The van der Waals surface area contributed by atoms with Crippen LogP contribution in [-0.4, -0.2) is 34.2 Å². The van der Waals surface area contributed by atoms with Gasteiger partial charge < -0.3 is 20.1 Å². The van der Waals surface area contributed by atoms with Crippen molar-refractivity contribution in [3.8, 4) is 11.5 Å². The van der Waals surface area contributed by atoms with Gasteiger partial charge in [0, 0.05) is 17.7 Å². The number of ketones is 1. The number of phenolic OH excluding ortho intramolecular Hbond substituents is 2. The van der Waals surface area contributed by atoms with E-state index in [0.29, 0.717) is 0 Å². The number of carbonyl (C=O) groups excluding carboxylic acids is 2. The predicted molar refractivity (Wildman–Crippen MR) is 62.0 cm³/mol. The van der Waals surface area contributed by atoms with Gasteiger partial charge in [0.05, 0.1) is 7.11 Å². The second kappa shape index (κ2) is 5.72. The van der Waals surface area contributed by atoms with Crippen LogP contribution >= 0.6 is 0 Å². The van der Waals surface area contributed by atoms with Gasteiger partial charge in [-0.2, -0.15) is 0 Å². The number of hydrogen-bond donors (Lipinski definition) is 3. The van der Waals surface area contributed by atoms with Gasteiger partial charge >= 0.3 is 5.97 Å². The molecule has 0 saturated heterocycles. The number of aliphatic hydroxyl groups is 1. The Balaban J connectivity index is 2.88. The van der Waals surface area contributed by atoms with E-state index in [-0.39, 0.29) is 17.1 Å². The van der Waals surface area contributed by atoms with Gasteiger partial charge in [-0.05, 0) is 12.1 Å². The normalized spacial score (nSPS) is 11.1. The smallest absolute Gasteiger partial charge is 0.313 e. The minimum absolute atomic E-state index is 0.0608. The van der Waals surface area contributed by atoms with Gasteiger partial charge in [0.1, 0.15) is 23.7 Å². The van der Waals surface area contributed by atoms with E-state index in [2.05, 4.69) is 4.74 Å². The molecule has 0 saturated carbocycles. The summed E-state index contributed by atoms with van der Waals surface area (Å²) in [5.41, 5.74) is 0.0608. The lowest BCUT2D eigenvalue weighted by Gasteiger charge is -2.02. The summed E-state index contributed by atoms with van der Waals surface area (Å²) >= 11 is 0. The van der Waals surface area contributed by atoms with Crippen LogP contribution in [0.5, 0.6) is 11.5 Å². The Bertz CT molecular complexity index is 483. The number of aromatic hydroxyl groups is 2. The Labute approximate surface area is 103 Å². The lowest BCUT2D eigenvalue weighted by atomic mass is 10.1. The highest BCUT2D eigenvalue weighted by Gasteiger charge is 2.10. The number of aliphatic hydroxyl groups excluding tert-OH is 1. The molecule has 18 heavy (non-hydrogen) atoms. The number of hydrogen-bond acceptors (Lipinski definition) is 6. The molecule has 0 unspecified atom stereocenters. The fourth-order valence-corrected chi connectivity index (χ4v) is 1.24. The monoisotopic (exact) mass is 252 g/mol. The summed E-state index contributed by atoms with van der Waals surface area (Å²) in [6.45, 7) is 0. The van der Waals surface area contributed by atoms with Crippen molar-refractivity contribution in [3.05, 3.63) is 29.8 Å². The zero-order chi connectivity index (χ0) is 13.7. The first-order chi connectivity index (χ1) is 8.42. The number of carbonyl (C=O) groups is 2. The summed E-state index contributed by atoms with van der Waals surface area (Å²) in [6, 6.07) is 3.40. The topological polar surface area (TPSA) is 104 Å². The average Bonchev–Trinajstić information content (AvgIpc) is 2.27. The summed E-state index contributed by atoms with van der Waals surface area (Å²) < 4.78 is 4.30. The Kier molecular flexibility index (Phi) is 4.31. The van der Waals surface area contributed by atoms with Gasteiger partial charge in [-0.3, -0.25) is 9.59 Å². The van der Waals surface area contributed by atoms with Crippen molar-refractivity contribution in [2.45, 2.75) is 6.42 Å². The van der Waals surface area contributed by atoms with E-state index < -0.39 is 23.9 Å². The summed E-state index contributed by atoms with van der Waals surface area (Å²) in [7, 11) is 1.15. The number of phenols is 2. The number of rotatable bonds is 4. The van der Waals surface area contributed by atoms with Crippen LogP contribution in [0.1, 0.15) is 12.0 Å². The third kappa shape index (κ3) is 3.82. The molecular weight excluding hydrogens is 240 g/mol. The van der Waals surface area contributed by atoms with Crippen LogP contribution in [0.4, 0.5) is 0 Å². The van der Waals surface area contributed by atoms with E-state index in [4.69, 9.17) is 0 Å². The molecular formula is C12H12O6. The Morgan fingerprint density at radius 2 is 1.78 bits per heavy atom. The van der Waals surface area contributed by atoms with E-state index >= 15 is 0 Å². The Morgan fingerprint density at radius 1 is 1.22 bits per heavy atom. The maximum atomic E-state index is 11.3. The molecule has 0 aliphatic rings. The maximum absolute atomic E-state index is 11.3. The Hall–Kier alpha value is -2.50. The van der Waals surface area contributed by atoms with Crippen LogP contribution in [0.25, 0.3) is 5.76 Å². The summed E-state index contributed by atoms with van der Waals surface area (Å²) in [5, 5.41) is 28.0. The third-order valence-electron chi connectivity index (χ3n) is 2.04. The Morgan fingerprint density at radius 3 is 2.28 bits per heavy atom. The molecule has 0 spiro atoms. The fraction of sp³-hybridized carbons (Fsp3) is 0.167. The lowest BCUT2D eigenvalue weighted by molar-refractivity contribution is -0.142. The lowest BCUT2D eigenvalue weighted by Crippen LogP contribution is -2.07. The highest BCUT2D eigenvalue weighted by molar-refractivity contribution is 6.04. The van der Waals surface area contributed by atoms with Crippen molar-refractivity contribution in [2.24, 2.45) is 0 Å². The van der Waals surface area contributed by atoms with Crippen molar-refractivity contribution in [1.82, 2.24) is 0 Å². The molecule has 0 atom stereocenters. The molecule has 1 aromatic rings. The molecule has 0 amide bonds. The molecule has 0 bridgehead atoms. The van der Waals surface area contributed by atoms with Gasteiger partial charge in [-0.15, -0.1) is 0 Å². The standard InChI is InChI=1S/C12H12O6/c1-18-12(17)6-10(15)5-11(16)7-2-8(13)4-9(14)3-7/h2-5,13-14,16H,6H2,1H3/b11-5-. The van der Waals surface area contributed by atoms with Gasteiger partial charge in [0.2, 0.25) is 0 Å². The molecule has 0 aromatic heterocycles. The van der Waals surface area contributed by atoms with Gasteiger partial charge in [0.15, 0.2) is 5.78 Å². The molecule has 96 valence electrons. The van der Waals surface area contributed by atoms with Gasteiger partial charge in [-0.1, -0.05) is 0 Å². The predicted octanol–water partition coefficient (Wildman–Crippen LogP) is 1.13.